The monoisotopic (exact) mass is 292 g/mol. The van der Waals surface area contributed by atoms with Crippen molar-refractivity contribution in [1.29, 1.82) is 0 Å². The van der Waals surface area contributed by atoms with Crippen LogP contribution in [0.3, 0.4) is 0 Å². The van der Waals surface area contributed by atoms with E-state index >= 15 is 0 Å². The zero-order valence-corrected chi connectivity index (χ0v) is 12.3. The summed E-state index contributed by atoms with van der Waals surface area (Å²) < 4.78 is 4.98. The first-order valence-electron chi connectivity index (χ1n) is 6.57. The molecule has 0 radical (unpaired) electrons. The summed E-state index contributed by atoms with van der Waals surface area (Å²) in [6, 6.07) is 7.46. The van der Waals surface area contributed by atoms with Crippen LogP contribution in [0.25, 0.3) is 10.9 Å². The lowest BCUT2D eigenvalue weighted by Gasteiger charge is -2.14. The second kappa shape index (κ2) is 6.57. The molecule has 0 amide bonds. The summed E-state index contributed by atoms with van der Waals surface area (Å²) in [4.78, 5) is 15.9. The average Bonchev–Trinajstić information content (AvgIpc) is 2.47. The highest BCUT2D eigenvalue weighted by atomic mass is 35.5. The molecule has 0 aliphatic rings. The lowest BCUT2D eigenvalue weighted by atomic mass is 10.1. The summed E-state index contributed by atoms with van der Waals surface area (Å²) in [6.45, 7) is 4.52. The van der Waals surface area contributed by atoms with Crippen molar-refractivity contribution in [2.24, 2.45) is 5.92 Å². The molecule has 1 unspecified atom stereocenters. The third-order valence-corrected chi connectivity index (χ3v) is 3.33. The molecule has 1 atom stereocenters. The zero-order valence-electron chi connectivity index (χ0n) is 11.5. The van der Waals surface area contributed by atoms with Crippen LogP contribution < -0.4 is 5.32 Å². The van der Waals surface area contributed by atoms with Crippen molar-refractivity contribution < 1.29 is 9.53 Å². The Kier molecular flexibility index (Phi) is 4.79. The SMILES string of the molecule is CCOC(=O)C(C)CNc1ccc(Cl)c2cccnc12. The van der Waals surface area contributed by atoms with Gasteiger partial charge in [-0.2, -0.15) is 0 Å². The van der Waals surface area contributed by atoms with Gasteiger partial charge in [-0.15, -0.1) is 0 Å². The molecule has 106 valence electrons. The number of rotatable bonds is 5. The molecule has 1 N–H and O–H groups in total. The number of aromatic nitrogens is 1. The van der Waals surface area contributed by atoms with Crippen LogP contribution in [0.2, 0.25) is 5.02 Å². The standard InChI is InChI=1S/C15H17ClN2O2/c1-3-20-15(19)10(2)9-18-13-7-6-12(16)11-5-4-8-17-14(11)13/h4-8,10,18H,3,9H2,1-2H3. The maximum absolute atomic E-state index is 11.6. The van der Waals surface area contributed by atoms with Crippen molar-refractivity contribution >= 4 is 34.2 Å². The first kappa shape index (κ1) is 14.6. The molecule has 4 nitrogen and oxygen atoms in total. The van der Waals surface area contributed by atoms with E-state index in [-0.39, 0.29) is 11.9 Å². The van der Waals surface area contributed by atoms with Gasteiger partial charge in [0.05, 0.1) is 28.8 Å². The molecule has 0 saturated carbocycles. The molecule has 0 fully saturated rings. The maximum atomic E-state index is 11.6. The number of nitrogens with one attached hydrogen (secondary N) is 1. The van der Waals surface area contributed by atoms with Gasteiger partial charge in [-0.25, -0.2) is 0 Å². The van der Waals surface area contributed by atoms with E-state index in [0.717, 1.165) is 16.6 Å². The summed E-state index contributed by atoms with van der Waals surface area (Å²) in [5.74, 6) is -0.421. The fourth-order valence-electron chi connectivity index (χ4n) is 1.91. The smallest absolute Gasteiger partial charge is 0.310 e. The van der Waals surface area contributed by atoms with Gasteiger partial charge in [0.2, 0.25) is 0 Å². The zero-order chi connectivity index (χ0) is 14.5. The van der Waals surface area contributed by atoms with Crippen LogP contribution in [0.5, 0.6) is 0 Å². The molecule has 5 heteroatoms. The van der Waals surface area contributed by atoms with Crippen LogP contribution in [-0.4, -0.2) is 24.1 Å². The number of esters is 1. The van der Waals surface area contributed by atoms with E-state index in [1.807, 2.05) is 31.2 Å². The molecule has 0 spiro atoms. The van der Waals surface area contributed by atoms with Crippen molar-refractivity contribution in [3.8, 4) is 0 Å². The summed E-state index contributed by atoms with van der Waals surface area (Å²) >= 11 is 6.14. The minimum Gasteiger partial charge on any atom is -0.466 e. The number of anilines is 1. The number of halogens is 1. The van der Waals surface area contributed by atoms with E-state index < -0.39 is 0 Å². The van der Waals surface area contributed by atoms with Crippen LogP contribution in [0, 0.1) is 5.92 Å². The lowest BCUT2D eigenvalue weighted by Crippen LogP contribution is -2.22. The van der Waals surface area contributed by atoms with Gasteiger partial charge in [0.15, 0.2) is 0 Å². The van der Waals surface area contributed by atoms with Crippen LogP contribution >= 0.6 is 11.6 Å². The second-order valence-corrected chi connectivity index (χ2v) is 4.94. The first-order chi connectivity index (χ1) is 9.63. The lowest BCUT2D eigenvalue weighted by molar-refractivity contribution is -0.146. The van der Waals surface area contributed by atoms with Gasteiger partial charge < -0.3 is 10.1 Å². The summed E-state index contributed by atoms with van der Waals surface area (Å²) in [6.07, 6.45) is 1.72. The Balaban J connectivity index is 2.15. The predicted octanol–water partition coefficient (Wildman–Crippen LogP) is 3.50. The van der Waals surface area contributed by atoms with Crippen molar-refractivity contribution in [2.45, 2.75) is 13.8 Å². The maximum Gasteiger partial charge on any atom is 0.310 e. The molecule has 0 bridgehead atoms. The van der Waals surface area contributed by atoms with Gasteiger partial charge in [0.25, 0.3) is 0 Å². The van der Waals surface area contributed by atoms with Crippen LogP contribution in [0.1, 0.15) is 13.8 Å². The highest BCUT2D eigenvalue weighted by Crippen LogP contribution is 2.28. The molecule has 2 rings (SSSR count). The number of nitrogens with zero attached hydrogens (tertiary/aromatic N) is 1. The molecule has 0 aliphatic carbocycles. The Bertz CT molecular complexity index is 616. The predicted molar refractivity (Wildman–Crippen MR) is 81.0 cm³/mol. The number of pyridine rings is 1. The number of carbonyl (C=O) groups is 1. The molecule has 1 heterocycles. The highest BCUT2D eigenvalue weighted by molar-refractivity contribution is 6.35. The van der Waals surface area contributed by atoms with Crippen molar-refractivity contribution in [3.63, 3.8) is 0 Å². The summed E-state index contributed by atoms with van der Waals surface area (Å²) in [5, 5.41) is 4.79. The van der Waals surface area contributed by atoms with E-state index in [4.69, 9.17) is 16.3 Å². The van der Waals surface area contributed by atoms with E-state index in [1.54, 1.807) is 13.1 Å². The van der Waals surface area contributed by atoms with Gasteiger partial charge in [-0.3, -0.25) is 9.78 Å². The average molecular weight is 293 g/mol. The minimum atomic E-state index is -0.218. The summed E-state index contributed by atoms with van der Waals surface area (Å²) in [5.41, 5.74) is 1.66. The number of fused-ring (bicyclic) bond motifs is 1. The largest absolute Gasteiger partial charge is 0.466 e. The molecule has 1 aromatic heterocycles. The molecular formula is C15H17ClN2O2. The van der Waals surface area contributed by atoms with E-state index in [2.05, 4.69) is 10.3 Å². The van der Waals surface area contributed by atoms with Crippen molar-refractivity contribution in [2.75, 3.05) is 18.5 Å². The number of ether oxygens (including phenoxy) is 1. The Morgan fingerprint density at radius 1 is 1.45 bits per heavy atom. The van der Waals surface area contributed by atoms with Gasteiger partial charge >= 0.3 is 5.97 Å². The molecule has 0 aliphatic heterocycles. The Labute approximate surface area is 123 Å². The Morgan fingerprint density at radius 3 is 3.00 bits per heavy atom. The third-order valence-electron chi connectivity index (χ3n) is 3.00. The quantitative estimate of drug-likeness (QED) is 0.857. The molecule has 2 aromatic rings. The van der Waals surface area contributed by atoms with Gasteiger partial charge in [0.1, 0.15) is 0 Å². The third kappa shape index (κ3) is 3.20. The van der Waals surface area contributed by atoms with Crippen molar-refractivity contribution in [3.05, 3.63) is 35.5 Å². The fourth-order valence-corrected chi connectivity index (χ4v) is 2.13. The number of hydrogen-bond donors (Lipinski definition) is 1. The normalized spacial score (nSPS) is 12.2. The molecule has 0 saturated heterocycles. The van der Waals surface area contributed by atoms with Gasteiger partial charge in [-0.1, -0.05) is 18.5 Å². The minimum absolute atomic E-state index is 0.203. The Morgan fingerprint density at radius 2 is 2.25 bits per heavy atom. The topological polar surface area (TPSA) is 51.2 Å². The molecule has 1 aromatic carbocycles. The number of carbonyl (C=O) groups excluding carboxylic acids is 1. The molecular weight excluding hydrogens is 276 g/mol. The molecule has 20 heavy (non-hydrogen) atoms. The second-order valence-electron chi connectivity index (χ2n) is 4.53. The highest BCUT2D eigenvalue weighted by Gasteiger charge is 2.14. The van der Waals surface area contributed by atoms with Crippen molar-refractivity contribution in [1.82, 2.24) is 4.98 Å². The van der Waals surface area contributed by atoms with Crippen LogP contribution in [0.4, 0.5) is 5.69 Å². The first-order valence-corrected chi connectivity index (χ1v) is 6.95. The number of hydrogen-bond acceptors (Lipinski definition) is 4. The van der Waals surface area contributed by atoms with Gasteiger partial charge in [0, 0.05) is 18.1 Å². The van der Waals surface area contributed by atoms with E-state index in [0.29, 0.717) is 18.2 Å². The number of benzene rings is 1. The fraction of sp³-hybridized carbons (Fsp3) is 0.333. The van der Waals surface area contributed by atoms with Gasteiger partial charge in [-0.05, 0) is 31.2 Å². The van der Waals surface area contributed by atoms with E-state index in [1.165, 1.54) is 0 Å². The summed E-state index contributed by atoms with van der Waals surface area (Å²) in [7, 11) is 0. The van der Waals surface area contributed by atoms with Crippen LogP contribution in [-0.2, 0) is 9.53 Å². The van der Waals surface area contributed by atoms with E-state index in [9.17, 15) is 4.79 Å². The van der Waals surface area contributed by atoms with Crippen LogP contribution in [0.15, 0.2) is 30.5 Å². The Hall–Kier alpha value is -1.81.